The molecule has 0 atom stereocenters. The number of nitrogens with zero attached hydrogens (tertiary/aromatic N) is 4. The van der Waals surface area contributed by atoms with E-state index in [0.29, 0.717) is 21.7 Å². The maximum atomic E-state index is 12.5. The first kappa shape index (κ1) is 16.8. The van der Waals surface area contributed by atoms with Gasteiger partial charge in [-0.1, -0.05) is 29.6 Å². The molecule has 2 fully saturated rings. The Balaban J connectivity index is 1.62. The third-order valence-electron chi connectivity index (χ3n) is 4.53. The lowest BCUT2D eigenvalue weighted by Crippen LogP contribution is -2.45. The van der Waals surface area contributed by atoms with Gasteiger partial charge in [-0.15, -0.1) is 5.10 Å². The monoisotopic (exact) mass is 379 g/mol. The van der Waals surface area contributed by atoms with Crippen LogP contribution in [0.1, 0.15) is 54.5 Å². The third-order valence-corrected chi connectivity index (χ3v) is 5.07. The highest BCUT2D eigenvalue weighted by Gasteiger charge is 2.32. The van der Waals surface area contributed by atoms with Gasteiger partial charge in [-0.2, -0.15) is 0 Å². The molecule has 0 unspecified atom stereocenters. The lowest BCUT2D eigenvalue weighted by molar-refractivity contribution is 0.0739. The molecule has 1 N–H and O–H groups in total. The first-order valence-corrected chi connectivity index (χ1v) is 9.36. The van der Waals surface area contributed by atoms with Gasteiger partial charge in [0.2, 0.25) is 5.82 Å². The Morgan fingerprint density at radius 3 is 2.60 bits per heavy atom. The molecule has 1 aliphatic heterocycles. The van der Waals surface area contributed by atoms with Crippen LogP contribution in [0, 0.1) is 0 Å². The Kier molecular flexibility index (Phi) is 4.67. The van der Waals surface area contributed by atoms with Crippen molar-refractivity contribution in [2.24, 2.45) is 0 Å². The highest BCUT2D eigenvalue weighted by atomic mass is 35.5. The van der Waals surface area contributed by atoms with Gasteiger partial charge in [0, 0.05) is 24.0 Å². The van der Waals surface area contributed by atoms with E-state index in [2.05, 4.69) is 15.5 Å². The topological polar surface area (TPSA) is 63.1 Å². The summed E-state index contributed by atoms with van der Waals surface area (Å²) in [5.41, 5.74) is 3.60. The van der Waals surface area contributed by atoms with Gasteiger partial charge < -0.3 is 0 Å². The van der Waals surface area contributed by atoms with Crippen molar-refractivity contribution in [3.8, 4) is 5.69 Å². The first-order valence-electron chi connectivity index (χ1n) is 8.60. The lowest BCUT2D eigenvalue weighted by atomic mass is 10.2. The van der Waals surface area contributed by atoms with Crippen LogP contribution in [0.5, 0.6) is 0 Å². The van der Waals surface area contributed by atoms with Crippen LogP contribution in [0.4, 0.5) is 0 Å². The Morgan fingerprint density at radius 2 is 1.92 bits per heavy atom. The second kappa shape index (κ2) is 6.94. The quantitative estimate of drug-likeness (QED) is 0.881. The van der Waals surface area contributed by atoms with Crippen LogP contribution in [-0.4, -0.2) is 38.8 Å². The number of carbonyl (C=O) groups excluding carboxylic acids is 1. The van der Waals surface area contributed by atoms with Gasteiger partial charge in [-0.05, 0) is 43.9 Å². The molecule has 1 saturated carbocycles. The van der Waals surface area contributed by atoms with Gasteiger partial charge in [0.1, 0.15) is 5.82 Å². The zero-order chi connectivity index (χ0) is 17.4. The van der Waals surface area contributed by atoms with Crippen LogP contribution in [0.2, 0.25) is 10.0 Å². The molecule has 2 aromatic rings. The van der Waals surface area contributed by atoms with Crippen molar-refractivity contribution in [2.75, 3.05) is 13.1 Å². The molecule has 0 spiro atoms. The van der Waals surface area contributed by atoms with E-state index in [-0.39, 0.29) is 11.7 Å². The second-order valence-electron chi connectivity index (χ2n) is 6.56. The van der Waals surface area contributed by atoms with Crippen LogP contribution < -0.4 is 5.43 Å². The minimum atomic E-state index is -0.271. The van der Waals surface area contributed by atoms with Gasteiger partial charge >= 0.3 is 5.91 Å². The summed E-state index contributed by atoms with van der Waals surface area (Å²) in [5, 5.41) is 7.43. The number of halogens is 2. The normalized spacial score (nSPS) is 18.3. The lowest BCUT2D eigenvalue weighted by Gasteiger charge is -2.26. The van der Waals surface area contributed by atoms with Crippen LogP contribution in [0.25, 0.3) is 5.69 Å². The third kappa shape index (κ3) is 3.66. The molecule has 1 aromatic heterocycles. The molecule has 8 heteroatoms. The van der Waals surface area contributed by atoms with E-state index in [1.807, 2.05) is 5.01 Å². The number of aromatic nitrogens is 3. The van der Waals surface area contributed by atoms with Gasteiger partial charge in [0.25, 0.3) is 0 Å². The van der Waals surface area contributed by atoms with Crippen LogP contribution >= 0.6 is 23.2 Å². The van der Waals surface area contributed by atoms with E-state index in [4.69, 9.17) is 23.2 Å². The summed E-state index contributed by atoms with van der Waals surface area (Å²) < 4.78 is 1.68. The van der Waals surface area contributed by atoms with Gasteiger partial charge in [-0.25, -0.2) is 14.7 Å². The van der Waals surface area contributed by atoms with Crippen molar-refractivity contribution in [3.05, 3.63) is 39.9 Å². The summed E-state index contributed by atoms with van der Waals surface area (Å²) in [4.78, 5) is 17.0. The zero-order valence-corrected chi connectivity index (χ0v) is 15.2. The van der Waals surface area contributed by atoms with Crippen molar-refractivity contribution in [1.29, 1.82) is 0 Å². The molecule has 2 heterocycles. The van der Waals surface area contributed by atoms with Gasteiger partial charge in [-0.3, -0.25) is 10.2 Å². The van der Waals surface area contributed by atoms with Crippen LogP contribution in [-0.2, 0) is 0 Å². The first-order chi connectivity index (χ1) is 12.1. The number of carbonyl (C=O) groups is 1. The maximum Gasteiger partial charge on any atom is 0.305 e. The van der Waals surface area contributed by atoms with E-state index < -0.39 is 0 Å². The van der Waals surface area contributed by atoms with Gasteiger partial charge in [0.15, 0.2) is 0 Å². The SMILES string of the molecule is O=C(NN1CCCCC1)c1nc(C2CC2)n(-c2ccc(Cl)cc2Cl)n1. The molecule has 1 saturated heterocycles. The Labute approximate surface area is 156 Å². The number of hydrazine groups is 1. The summed E-state index contributed by atoms with van der Waals surface area (Å²) >= 11 is 12.3. The van der Waals surface area contributed by atoms with Crippen LogP contribution in [0.3, 0.4) is 0 Å². The second-order valence-corrected chi connectivity index (χ2v) is 7.41. The average molecular weight is 380 g/mol. The summed E-state index contributed by atoms with van der Waals surface area (Å²) in [6.45, 7) is 1.73. The number of rotatable bonds is 4. The van der Waals surface area contributed by atoms with Crippen molar-refractivity contribution in [3.63, 3.8) is 0 Å². The number of piperidine rings is 1. The number of amides is 1. The molecule has 1 amide bonds. The standard InChI is InChI=1S/C17H19Cl2N5O/c18-12-6-7-14(13(19)10-12)24-16(11-4-5-11)20-15(21-24)17(25)22-23-8-2-1-3-9-23/h6-7,10-11H,1-5,8-9H2,(H,22,25). The van der Waals surface area contributed by atoms with E-state index in [0.717, 1.165) is 44.6 Å². The molecule has 132 valence electrons. The number of hydrogen-bond donors (Lipinski definition) is 1. The smallest absolute Gasteiger partial charge is 0.282 e. The minimum Gasteiger partial charge on any atom is -0.282 e. The molecule has 25 heavy (non-hydrogen) atoms. The molecule has 0 bridgehead atoms. The van der Waals surface area contributed by atoms with Crippen molar-refractivity contribution < 1.29 is 4.79 Å². The van der Waals surface area contributed by atoms with E-state index in [1.54, 1.807) is 22.9 Å². The van der Waals surface area contributed by atoms with E-state index in [1.165, 1.54) is 6.42 Å². The van der Waals surface area contributed by atoms with E-state index >= 15 is 0 Å². The number of hydrogen-bond acceptors (Lipinski definition) is 4. The molecule has 2 aliphatic rings. The summed E-state index contributed by atoms with van der Waals surface area (Å²) in [6, 6.07) is 5.23. The number of nitrogens with one attached hydrogen (secondary N) is 1. The van der Waals surface area contributed by atoms with Crippen molar-refractivity contribution in [2.45, 2.75) is 38.0 Å². The zero-order valence-electron chi connectivity index (χ0n) is 13.7. The summed E-state index contributed by atoms with van der Waals surface area (Å²) in [7, 11) is 0. The maximum absolute atomic E-state index is 12.5. The average Bonchev–Trinajstić information content (AvgIpc) is 3.35. The van der Waals surface area contributed by atoms with Crippen LogP contribution in [0.15, 0.2) is 18.2 Å². The fourth-order valence-electron chi connectivity index (χ4n) is 3.06. The molecule has 1 aromatic carbocycles. The van der Waals surface area contributed by atoms with Gasteiger partial charge in [0.05, 0.1) is 10.7 Å². The highest BCUT2D eigenvalue weighted by Crippen LogP contribution is 2.40. The molecule has 4 rings (SSSR count). The predicted molar refractivity (Wildman–Crippen MR) is 96.2 cm³/mol. The molecule has 1 aliphatic carbocycles. The highest BCUT2D eigenvalue weighted by molar-refractivity contribution is 6.35. The molecule has 0 radical (unpaired) electrons. The Bertz CT molecular complexity index is 796. The molecular formula is C17H19Cl2N5O. The predicted octanol–water partition coefficient (Wildman–Crippen LogP) is 3.58. The fraction of sp³-hybridized carbons (Fsp3) is 0.471. The largest absolute Gasteiger partial charge is 0.305 e. The van der Waals surface area contributed by atoms with Crippen molar-refractivity contribution in [1.82, 2.24) is 25.2 Å². The number of benzene rings is 1. The van der Waals surface area contributed by atoms with E-state index in [9.17, 15) is 4.79 Å². The minimum absolute atomic E-state index is 0.179. The Morgan fingerprint density at radius 1 is 1.16 bits per heavy atom. The molecular weight excluding hydrogens is 361 g/mol. The van der Waals surface area contributed by atoms with Crippen molar-refractivity contribution >= 4 is 29.1 Å². The summed E-state index contributed by atoms with van der Waals surface area (Å²) in [5.74, 6) is 1.02. The molecule has 6 nitrogen and oxygen atoms in total. The fourth-order valence-corrected chi connectivity index (χ4v) is 3.54. The Hall–Kier alpha value is -1.63. The summed E-state index contributed by atoms with van der Waals surface area (Å²) in [6.07, 6.45) is 5.50.